The molecule has 0 bridgehead atoms. The number of allylic oxidation sites excluding steroid dienone is 2. The summed E-state index contributed by atoms with van der Waals surface area (Å²) in [6, 6.07) is 11.2. The summed E-state index contributed by atoms with van der Waals surface area (Å²) in [7, 11) is 1.45. The van der Waals surface area contributed by atoms with Crippen molar-refractivity contribution in [1.82, 2.24) is 10.0 Å². The van der Waals surface area contributed by atoms with E-state index < -0.39 is 46.8 Å². The van der Waals surface area contributed by atoms with E-state index in [4.69, 9.17) is 4.74 Å². The van der Waals surface area contributed by atoms with Crippen molar-refractivity contribution in [2.75, 3.05) is 13.7 Å². The first kappa shape index (κ1) is 23.8. The van der Waals surface area contributed by atoms with E-state index >= 15 is 0 Å². The topological polar surface area (TPSA) is 127 Å². The maximum Gasteiger partial charge on any atom is 0.273 e. The summed E-state index contributed by atoms with van der Waals surface area (Å²) in [6.45, 7) is 1.26. The summed E-state index contributed by atoms with van der Waals surface area (Å²) >= 11 is 0. The molecule has 10 nitrogen and oxygen atoms in total. The number of hydrogen-bond acceptors (Lipinski definition) is 7. The molecule has 1 fully saturated rings. The normalized spacial score (nSPS) is 19.1. The highest BCUT2D eigenvalue weighted by molar-refractivity contribution is 6.10. The molecule has 180 valence electrons. The van der Waals surface area contributed by atoms with E-state index in [2.05, 4.69) is 0 Å². The number of fused-ring (bicyclic) bond motifs is 1. The molecule has 0 unspecified atom stereocenters. The number of rotatable bonds is 7. The molecule has 4 rings (SSSR count). The van der Waals surface area contributed by atoms with Crippen LogP contribution >= 0.6 is 0 Å². The molecule has 2 aliphatic rings. The summed E-state index contributed by atoms with van der Waals surface area (Å²) < 4.78 is 5.15. The van der Waals surface area contributed by atoms with Crippen molar-refractivity contribution >= 4 is 29.2 Å². The Morgan fingerprint density at radius 1 is 1.09 bits per heavy atom. The molecule has 0 saturated carbocycles. The van der Waals surface area contributed by atoms with Gasteiger partial charge in [0.1, 0.15) is 12.3 Å². The quantitative estimate of drug-likeness (QED) is 0.197. The summed E-state index contributed by atoms with van der Waals surface area (Å²) in [5.41, 5.74) is 0.735. The van der Waals surface area contributed by atoms with Crippen molar-refractivity contribution < 1.29 is 28.8 Å². The van der Waals surface area contributed by atoms with E-state index in [1.807, 2.05) is 13.0 Å². The molecule has 10 heteroatoms. The summed E-state index contributed by atoms with van der Waals surface area (Å²) in [4.78, 5) is 63.8. The Kier molecular flexibility index (Phi) is 6.46. The number of nitro benzene ring substituents is 1. The Hall–Kier alpha value is -4.34. The van der Waals surface area contributed by atoms with Gasteiger partial charge in [-0.3, -0.25) is 29.3 Å². The van der Waals surface area contributed by atoms with Crippen LogP contribution in [0.3, 0.4) is 0 Å². The van der Waals surface area contributed by atoms with Crippen LogP contribution in [0.4, 0.5) is 5.69 Å². The van der Waals surface area contributed by atoms with Gasteiger partial charge in [-0.2, -0.15) is 5.01 Å². The van der Waals surface area contributed by atoms with Crippen molar-refractivity contribution in [3.05, 3.63) is 81.4 Å². The smallest absolute Gasteiger partial charge is 0.273 e. The number of carbonyl (C=O) groups is 4. The number of imide groups is 1. The van der Waals surface area contributed by atoms with Gasteiger partial charge in [0.15, 0.2) is 5.78 Å². The second kappa shape index (κ2) is 9.49. The lowest BCUT2D eigenvalue weighted by molar-refractivity contribution is -0.384. The number of benzene rings is 2. The van der Waals surface area contributed by atoms with E-state index in [0.717, 1.165) is 21.7 Å². The average Bonchev–Trinajstić information content (AvgIpc) is 3.10. The molecular formula is C25H23N3O7. The number of amides is 3. The highest BCUT2D eigenvalue weighted by atomic mass is 16.6. The van der Waals surface area contributed by atoms with Gasteiger partial charge in [0, 0.05) is 23.3 Å². The molecule has 1 saturated heterocycles. The standard InChI is InChI=1S/C25H23N3O7/c1-15-9-10-20-21(11-15)25(32)27(24(20)31)26(14-22(29)16-5-4-8-19(13-16)35-2)23(30)17-6-3-7-18(12-17)28(33)34/h3-9,12-13,20-21H,10-11,14H2,1-2H3/t20-,21+/m0/s1. The number of Topliss-reactive ketones (excluding diaryl/α,β-unsaturated/α-hetero) is 1. The lowest BCUT2D eigenvalue weighted by Crippen LogP contribution is -2.52. The predicted octanol–water partition coefficient (Wildman–Crippen LogP) is 3.18. The molecule has 3 amide bonds. The van der Waals surface area contributed by atoms with E-state index in [1.54, 1.807) is 12.1 Å². The number of hydrazine groups is 1. The zero-order valence-electron chi connectivity index (χ0n) is 19.2. The Balaban J connectivity index is 1.72. The zero-order valence-corrected chi connectivity index (χ0v) is 19.2. The van der Waals surface area contributed by atoms with Crippen LogP contribution in [-0.2, 0) is 9.59 Å². The fourth-order valence-electron chi connectivity index (χ4n) is 4.42. The number of methoxy groups -OCH3 is 1. The van der Waals surface area contributed by atoms with Crippen LogP contribution in [0.2, 0.25) is 0 Å². The summed E-state index contributed by atoms with van der Waals surface area (Å²) in [5.74, 6) is -3.36. The van der Waals surface area contributed by atoms with Crippen LogP contribution in [0.25, 0.3) is 0 Å². The van der Waals surface area contributed by atoms with E-state index in [-0.39, 0.29) is 16.8 Å². The van der Waals surface area contributed by atoms with Crippen molar-refractivity contribution in [3.63, 3.8) is 0 Å². The zero-order chi connectivity index (χ0) is 25.3. The third kappa shape index (κ3) is 4.54. The number of carbonyl (C=O) groups excluding carboxylic acids is 4. The van der Waals surface area contributed by atoms with Gasteiger partial charge in [-0.15, -0.1) is 0 Å². The molecular weight excluding hydrogens is 454 g/mol. The van der Waals surface area contributed by atoms with Crippen molar-refractivity contribution in [1.29, 1.82) is 0 Å². The maximum atomic E-state index is 13.5. The maximum absolute atomic E-state index is 13.5. The SMILES string of the molecule is COc1cccc(C(=O)CN(C(=O)c2cccc([N+](=O)[O-])c2)N2C(=O)[C@H]3CC=C(C)C[C@H]3C2=O)c1. The van der Waals surface area contributed by atoms with Crippen LogP contribution in [0, 0.1) is 22.0 Å². The lowest BCUT2D eigenvalue weighted by atomic mass is 9.82. The Morgan fingerprint density at radius 2 is 1.77 bits per heavy atom. The predicted molar refractivity (Wildman–Crippen MR) is 123 cm³/mol. The third-order valence-electron chi connectivity index (χ3n) is 6.26. The van der Waals surface area contributed by atoms with E-state index in [0.29, 0.717) is 18.6 Å². The van der Waals surface area contributed by atoms with Crippen molar-refractivity contribution in [2.24, 2.45) is 11.8 Å². The van der Waals surface area contributed by atoms with Gasteiger partial charge < -0.3 is 4.74 Å². The van der Waals surface area contributed by atoms with Gasteiger partial charge in [0.25, 0.3) is 23.4 Å². The first-order chi connectivity index (χ1) is 16.7. The van der Waals surface area contributed by atoms with Crippen molar-refractivity contribution in [3.8, 4) is 5.75 Å². The number of ketones is 1. The number of hydrogen-bond donors (Lipinski definition) is 0. The monoisotopic (exact) mass is 477 g/mol. The first-order valence-corrected chi connectivity index (χ1v) is 11.0. The third-order valence-corrected chi connectivity index (χ3v) is 6.26. The number of nitro groups is 1. The summed E-state index contributed by atoms with van der Waals surface area (Å²) in [6.07, 6.45) is 2.64. The van der Waals surface area contributed by atoms with E-state index in [9.17, 15) is 29.3 Å². The number of non-ortho nitro benzene ring substituents is 1. The van der Waals surface area contributed by atoms with Gasteiger partial charge in [0.05, 0.1) is 23.9 Å². The molecule has 35 heavy (non-hydrogen) atoms. The fraction of sp³-hybridized carbons (Fsp3) is 0.280. The van der Waals surface area contributed by atoms with Gasteiger partial charge in [-0.25, -0.2) is 5.01 Å². The molecule has 2 atom stereocenters. The second-order valence-electron chi connectivity index (χ2n) is 8.52. The Morgan fingerprint density at radius 3 is 2.49 bits per heavy atom. The van der Waals surface area contributed by atoms with Gasteiger partial charge in [0.2, 0.25) is 0 Å². The average molecular weight is 477 g/mol. The fourth-order valence-corrected chi connectivity index (χ4v) is 4.42. The van der Waals surface area contributed by atoms with Gasteiger partial charge in [-0.05, 0) is 38.0 Å². The highest BCUT2D eigenvalue weighted by Gasteiger charge is 2.51. The second-order valence-corrected chi connectivity index (χ2v) is 8.52. The van der Waals surface area contributed by atoms with Crippen LogP contribution in [0.1, 0.15) is 40.5 Å². The highest BCUT2D eigenvalue weighted by Crippen LogP contribution is 2.38. The summed E-state index contributed by atoms with van der Waals surface area (Å²) in [5, 5.41) is 12.8. The van der Waals surface area contributed by atoms with Crippen LogP contribution in [0.15, 0.2) is 60.2 Å². The molecule has 0 aromatic heterocycles. The molecule has 0 radical (unpaired) electrons. The molecule has 1 heterocycles. The van der Waals surface area contributed by atoms with Gasteiger partial charge >= 0.3 is 0 Å². The van der Waals surface area contributed by atoms with Crippen LogP contribution in [-0.4, -0.2) is 52.1 Å². The molecule has 2 aromatic carbocycles. The molecule has 0 spiro atoms. The van der Waals surface area contributed by atoms with Gasteiger partial charge in [-0.1, -0.05) is 29.8 Å². The lowest BCUT2D eigenvalue weighted by Gasteiger charge is -2.30. The van der Waals surface area contributed by atoms with E-state index in [1.165, 1.54) is 37.4 Å². The molecule has 1 aliphatic heterocycles. The minimum Gasteiger partial charge on any atom is -0.497 e. The largest absolute Gasteiger partial charge is 0.497 e. The minimum atomic E-state index is -0.866. The first-order valence-electron chi connectivity index (χ1n) is 11.0. The van der Waals surface area contributed by atoms with Crippen molar-refractivity contribution in [2.45, 2.75) is 19.8 Å². The Labute approximate surface area is 200 Å². The minimum absolute atomic E-state index is 0.123. The molecule has 2 aromatic rings. The molecule has 0 N–H and O–H groups in total. The Bertz CT molecular complexity index is 1270. The number of ether oxygens (including phenoxy) is 1. The van der Waals surface area contributed by atoms with Crippen LogP contribution < -0.4 is 4.74 Å². The molecule has 1 aliphatic carbocycles. The number of nitrogens with zero attached hydrogens (tertiary/aromatic N) is 3. The van der Waals surface area contributed by atoms with Crippen LogP contribution in [0.5, 0.6) is 5.75 Å².